The van der Waals surface area contributed by atoms with Crippen LogP contribution >= 0.6 is 0 Å². The van der Waals surface area contributed by atoms with Gasteiger partial charge in [0.15, 0.2) is 0 Å². The van der Waals surface area contributed by atoms with E-state index in [4.69, 9.17) is 11.1 Å². The summed E-state index contributed by atoms with van der Waals surface area (Å²) >= 11 is 0. The number of nitrogens with two attached hydrogens (primary N) is 1. The van der Waals surface area contributed by atoms with Crippen LogP contribution in [0.15, 0.2) is 24.7 Å². The van der Waals surface area contributed by atoms with Crippen molar-refractivity contribution in [1.29, 1.82) is 5.41 Å². The standard InChI is InChI=1S/C15H19N7O/c16-6-10-7-18-13(4-12(10)17)21-14-5-15(20-9-19-14)22-3-1-2-11(23)8-22/h4-7,9,11,16,23H,1-3,8H2,(H3,17,18,19,20,21). The second kappa shape index (κ2) is 6.57. The van der Waals surface area contributed by atoms with E-state index in [2.05, 4.69) is 20.3 Å². The zero-order valence-corrected chi connectivity index (χ0v) is 12.6. The molecular weight excluding hydrogens is 294 g/mol. The lowest BCUT2D eigenvalue weighted by atomic mass is 10.1. The number of β-amino-alcohol motifs (C(OH)–C–C–N with tert-alkyl or cyclic N) is 1. The van der Waals surface area contributed by atoms with Crippen LogP contribution in [0.4, 0.5) is 23.1 Å². The Kier molecular flexibility index (Phi) is 4.33. The molecule has 2 aromatic rings. The molecule has 1 fully saturated rings. The summed E-state index contributed by atoms with van der Waals surface area (Å²) < 4.78 is 0. The molecule has 1 aliphatic heterocycles. The second-order valence-electron chi connectivity index (χ2n) is 5.47. The van der Waals surface area contributed by atoms with Crippen molar-refractivity contribution in [2.75, 3.05) is 29.0 Å². The SMILES string of the molecule is N=Cc1cnc(Nc2cc(N3CCCC(O)C3)ncn2)cc1N. The molecule has 0 amide bonds. The Morgan fingerprint density at radius 2 is 2.13 bits per heavy atom. The molecule has 0 saturated carbocycles. The van der Waals surface area contributed by atoms with Gasteiger partial charge in [-0.25, -0.2) is 15.0 Å². The third-order valence-electron chi connectivity index (χ3n) is 3.75. The van der Waals surface area contributed by atoms with Crippen LogP contribution in [0.5, 0.6) is 0 Å². The van der Waals surface area contributed by atoms with Crippen molar-refractivity contribution in [2.45, 2.75) is 18.9 Å². The van der Waals surface area contributed by atoms with Gasteiger partial charge in [-0.05, 0) is 12.8 Å². The zero-order chi connectivity index (χ0) is 16.2. The van der Waals surface area contributed by atoms with E-state index < -0.39 is 0 Å². The number of nitrogens with one attached hydrogen (secondary N) is 2. The van der Waals surface area contributed by atoms with E-state index in [0.717, 1.165) is 31.4 Å². The van der Waals surface area contributed by atoms with Gasteiger partial charge < -0.3 is 26.5 Å². The van der Waals surface area contributed by atoms with Crippen molar-refractivity contribution in [3.8, 4) is 0 Å². The molecule has 1 atom stereocenters. The summed E-state index contributed by atoms with van der Waals surface area (Å²) in [5, 5.41) is 20.1. The van der Waals surface area contributed by atoms with E-state index in [1.807, 2.05) is 11.0 Å². The minimum atomic E-state index is -0.315. The van der Waals surface area contributed by atoms with Gasteiger partial charge in [-0.15, -0.1) is 0 Å². The van der Waals surface area contributed by atoms with Crippen molar-refractivity contribution in [2.24, 2.45) is 0 Å². The Hall–Kier alpha value is -2.74. The van der Waals surface area contributed by atoms with E-state index in [9.17, 15) is 5.11 Å². The number of hydrogen-bond acceptors (Lipinski definition) is 8. The lowest BCUT2D eigenvalue weighted by Gasteiger charge is -2.31. The maximum absolute atomic E-state index is 9.78. The second-order valence-corrected chi connectivity index (χ2v) is 5.47. The first-order valence-corrected chi connectivity index (χ1v) is 7.44. The summed E-state index contributed by atoms with van der Waals surface area (Å²) in [5.74, 6) is 1.92. The topological polar surface area (TPSA) is 124 Å². The van der Waals surface area contributed by atoms with Crippen molar-refractivity contribution in [1.82, 2.24) is 15.0 Å². The van der Waals surface area contributed by atoms with Crippen molar-refractivity contribution >= 4 is 29.4 Å². The van der Waals surface area contributed by atoms with Crippen LogP contribution in [0.1, 0.15) is 18.4 Å². The van der Waals surface area contributed by atoms with Crippen LogP contribution in [-0.4, -0.2) is 45.5 Å². The first-order valence-electron chi connectivity index (χ1n) is 7.44. The van der Waals surface area contributed by atoms with Crippen LogP contribution in [-0.2, 0) is 0 Å². The first-order chi connectivity index (χ1) is 11.2. The van der Waals surface area contributed by atoms with Crippen LogP contribution in [0.25, 0.3) is 0 Å². The van der Waals surface area contributed by atoms with Gasteiger partial charge in [0.25, 0.3) is 0 Å². The lowest BCUT2D eigenvalue weighted by molar-refractivity contribution is 0.154. The fourth-order valence-electron chi connectivity index (χ4n) is 2.55. The normalized spacial score (nSPS) is 17.8. The molecule has 1 unspecified atom stereocenters. The van der Waals surface area contributed by atoms with Gasteiger partial charge in [0.1, 0.15) is 23.8 Å². The van der Waals surface area contributed by atoms with Crippen LogP contribution in [0.2, 0.25) is 0 Å². The third kappa shape index (κ3) is 3.54. The van der Waals surface area contributed by atoms with Gasteiger partial charge in [-0.3, -0.25) is 0 Å². The van der Waals surface area contributed by atoms with Crippen molar-refractivity contribution in [3.05, 3.63) is 30.2 Å². The molecule has 0 aromatic carbocycles. The number of pyridine rings is 1. The Balaban J connectivity index is 1.77. The molecule has 0 bridgehead atoms. The predicted molar refractivity (Wildman–Crippen MR) is 89.3 cm³/mol. The molecule has 120 valence electrons. The van der Waals surface area contributed by atoms with Crippen molar-refractivity contribution in [3.63, 3.8) is 0 Å². The number of aliphatic hydroxyl groups excluding tert-OH is 1. The van der Waals surface area contributed by atoms with Gasteiger partial charge in [0, 0.05) is 48.9 Å². The molecule has 0 spiro atoms. The number of piperidine rings is 1. The number of hydrogen-bond donors (Lipinski definition) is 4. The maximum Gasteiger partial charge on any atom is 0.137 e. The highest BCUT2D eigenvalue weighted by Crippen LogP contribution is 2.22. The fourth-order valence-corrected chi connectivity index (χ4v) is 2.55. The highest BCUT2D eigenvalue weighted by molar-refractivity contribution is 5.85. The highest BCUT2D eigenvalue weighted by atomic mass is 16.3. The number of aliphatic hydroxyl groups is 1. The van der Waals surface area contributed by atoms with Gasteiger partial charge in [-0.1, -0.05) is 0 Å². The molecule has 3 heterocycles. The fraction of sp³-hybridized carbons (Fsp3) is 0.333. The quantitative estimate of drug-likeness (QED) is 0.624. The predicted octanol–water partition coefficient (Wildman–Crippen LogP) is 1.16. The molecule has 3 rings (SSSR count). The van der Waals surface area contributed by atoms with E-state index in [0.29, 0.717) is 29.4 Å². The van der Waals surface area contributed by atoms with Gasteiger partial charge in [0.05, 0.1) is 6.10 Å². The van der Waals surface area contributed by atoms with E-state index >= 15 is 0 Å². The zero-order valence-electron chi connectivity index (χ0n) is 12.6. The highest BCUT2D eigenvalue weighted by Gasteiger charge is 2.19. The van der Waals surface area contributed by atoms with Gasteiger partial charge >= 0.3 is 0 Å². The summed E-state index contributed by atoms with van der Waals surface area (Å²) in [4.78, 5) is 14.7. The van der Waals surface area contributed by atoms with Gasteiger partial charge in [0.2, 0.25) is 0 Å². The first kappa shape index (κ1) is 15.2. The van der Waals surface area contributed by atoms with E-state index in [1.165, 1.54) is 12.5 Å². The van der Waals surface area contributed by atoms with Gasteiger partial charge in [-0.2, -0.15) is 0 Å². The summed E-state index contributed by atoms with van der Waals surface area (Å²) in [6, 6.07) is 3.48. The number of aromatic nitrogens is 3. The molecule has 0 radical (unpaired) electrons. The molecule has 5 N–H and O–H groups in total. The number of nitrogens with zero attached hydrogens (tertiary/aromatic N) is 4. The molecule has 2 aromatic heterocycles. The van der Waals surface area contributed by atoms with Crippen LogP contribution in [0.3, 0.4) is 0 Å². The number of nitrogen functional groups attached to an aromatic ring is 1. The molecular formula is C15H19N7O. The monoisotopic (exact) mass is 313 g/mol. The van der Waals surface area contributed by atoms with E-state index in [-0.39, 0.29) is 6.10 Å². The minimum absolute atomic E-state index is 0.315. The van der Waals surface area contributed by atoms with E-state index in [1.54, 1.807) is 6.07 Å². The Labute approximate surface area is 133 Å². The average molecular weight is 313 g/mol. The van der Waals surface area contributed by atoms with Crippen LogP contribution in [0, 0.1) is 5.41 Å². The summed E-state index contributed by atoms with van der Waals surface area (Å²) in [7, 11) is 0. The Morgan fingerprint density at radius 1 is 1.30 bits per heavy atom. The Bertz CT molecular complexity index is 706. The molecule has 1 aliphatic rings. The molecule has 8 heteroatoms. The lowest BCUT2D eigenvalue weighted by Crippen LogP contribution is -2.38. The minimum Gasteiger partial charge on any atom is -0.398 e. The molecule has 1 saturated heterocycles. The maximum atomic E-state index is 9.78. The van der Waals surface area contributed by atoms with Crippen LogP contribution < -0.4 is 16.0 Å². The average Bonchev–Trinajstić information content (AvgIpc) is 2.55. The molecule has 8 nitrogen and oxygen atoms in total. The summed E-state index contributed by atoms with van der Waals surface area (Å²) in [6.07, 6.45) is 5.63. The number of anilines is 4. The number of rotatable bonds is 4. The largest absolute Gasteiger partial charge is 0.398 e. The third-order valence-corrected chi connectivity index (χ3v) is 3.75. The summed E-state index contributed by atoms with van der Waals surface area (Å²) in [5.41, 5.74) is 6.90. The molecule has 23 heavy (non-hydrogen) atoms. The Morgan fingerprint density at radius 3 is 2.87 bits per heavy atom. The summed E-state index contributed by atoms with van der Waals surface area (Å²) in [6.45, 7) is 1.45. The van der Waals surface area contributed by atoms with Crippen molar-refractivity contribution < 1.29 is 5.11 Å². The smallest absolute Gasteiger partial charge is 0.137 e. The molecule has 0 aliphatic carbocycles.